The van der Waals surface area contributed by atoms with E-state index in [9.17, 15) is 24.3 Å². The number of hydrogen-bond donors (Lipinski definition) is 3. The molecule has 0 saturated heterocycles. The number of carboxylic acid groups (broad SMARTS) is 1. The molecule has 1 fully saturated rings. The minimum absolute atomic E-state index is 0.0384. The van der Waals surface area contributed by atoms with Gasteiger partial charge in [-0.05, 0) is 60.6 Å². The van der Waals surface area contributed by atoms with Crippen LogP contribution in [0.5, 0.6) is 0 Å². The molecule has 192 valence electrons. The van der Waals surface area contributed by atoms with Gasteiger partial charge in [-0.15, -0.1) is 0 Å². The molecule has 3 N–H and O–H groups in total. The molecule has 0 bridgehead atoms. The second kappa shape index (κ2) is 10.6. The van der Waals surface area contributed by atoms with Gasteiger partial charge in [0.25, 0.3) is 5.91 Å². The molecule has 0 aromatic heterocycles. The molecule has 9 heteroatoms. The van der Waals surface area contributed by atoms with E-state index in [2.05, 4.69) is 10.6 Å². The minimum Gasteiger partial charge on any atom is -0.480 e. The Labute approximate surface area is 220 Å². The predicted octanol–water partition coefficient (Wildman–Crippen LogP) is 5.31. The van der Waals surface area contributed by atoms with Crippen LogP contribution in [0.3, 0.4) is 0 Å². The van der Waals surface area contributed by atoms with Crippen LogP contribution >= 0.6 is 23.2 Å². The van der Waals surface area contributed by atoms with Crippen molar-refractivity contribution in [3.8, 4) is 0 Å². The normalized spacial score (nSPS) is 21.4. The van der Waals surface area contributed by atoms with Gasteiger partial charge in [0, 0.05) is 23.3 Å². The van der Waals surface area contributed by atoms with Gasteiger partial charge >= 0.3 is 5.97 Å². The number of aliphatic carboxylic acids is 1. The molecule has 1 aliphatic carbocycles. The van der Waals surface area contributed by atoms with Crippen molar-refractivity contribution in [3.05, 3.63) is 63.1 Å². The Morgan fingerprint density at radius 1 is 1.11 bits per heavy atom. The molecule has 2 amide bonds. The van der Waals surface area contributed by atoms with Crippen LogP contribution < -0.4 is 10.6 Å². The van der Waals surface area contributed by atoms with Gasteiger partial charge in [0.2, 0.25) is 5.91 Å². The van der Waals surface area contributed by atoms with Crippen LogP contribution in [0, 0.1) is 23.7 Å². The number of aryl methyl sites for hydroxylation is 1. The van der Waals surface area contributed by atoms with Gasteiger partial charge in [0.1, 0.15) is 12.3 Å². The highest BCUT2D eigenvalue weighted by Gasteiger charge is 2.54. The fourth-order valence-corrected chi connectivity index (χ4v) is 5.39. The number of carboxylic acids is 1. The maximum absolute atomic E-state index is 13.0. The number of rotatable bonds is 8. The number of anilines is 1. The fourth-order valence-electron chi connectivity index (χ4n) is 4.70. The van der Waals surface area contributed by atoms with Crippen LogP contribution in [0.2, 0.25) is 10.0 Å². The number of aldehydes is 1. The Balaban J connectivity index is 1.68. The molecule has 0 heterocycles. The molecule has 0 aliphatic heterocycles. The fraction of sp³-hybridized carbons (Fsp3) is 0.407. The first-order valence-electron chi connectivity index (χ1n) is 11.6. The Morgan fingerprint density at radius 3 is 2.19 bits per heavy atom. The van der Waals surface area contributed by atoms with Crippen molar-refractivity contribution in [1.82, 2.24) is 5.32 Å². The summed E-state index contributed by atoms with van der Waals surface area (Å²) in [7, 11) is 0. The SMILES string of the molecule is Cc1cc(Cl)c(NC(=O)c2ccc(C[C@H](NC(=O)[C@H]3CC[C@@](C)(C=O)C3(C)C)C(=O)O)cc2)c(Cl)c1. The largest absolute Gasteiger partial charge is 0.480 e. The van der Waals surface area contributed by atoms with Crippen molar-refractivity contribution >= 4 is 53.0 Å². The Bertz CT molecular complexity index is 1170. The Hall–Kier alpha value is -2.90. The van der Waals surface area contributed by atoms with E-state index >= 15 is 0 Å². The zero-order valence-electron chi connectivity index (χ0n) is 20.7. The lowest BCUT2D eigenvalue weighted by atomic mass is 9.66. The monoisotopic (exact) mass is 532 g/mol. The molecule has 0 radical (unpaired) electrons. The lowest BCUT2D eigenvalue weighted by Gasteiger charge is -2.37. The highest BCUT2D eigenvalue weighted by Crippen LogP contribution is 2.54. The molecule has 7 nitrogen and oxygen atoms in total. The lowest BCUT2D eigenvalue weighted by Crippen LogP contribution is -2.48. The summed E-state index contributed by atoms with van der Waals surface area (Å²) < 4.78 is 0. The third kappa shape index (κ3) is 5.57. The molecule has 2 aromatic rings. The summed E-state index contributed by atoms with van der Waals surface area (Å²) in [5, 5.41) is 15.7. The van der Waals surface area contributed by atoms with Gasteiger partial charge in [-0.25, -0.2) is 4.79 Å². The van der Waals surface area contributed by atoms with E-state index in [0.717, 1.165) is 11.8 Å². The van der Waals surface area contributed by atoms with Gasteiger partial charge in [0.15, 0.2) is 0 Å². The second-order valence-electron chi connectivity index (χ2n) is 10.2. The van der Waals surface area contributed by atoms with Crippen LogP contribution in [0.15, 0.2) is 36.4 Å². The first-order valence-corrected chi connectivity index (χ1v) is 12.4. The minimum atomic E-state index is -1.16. The van der Waals surface area contributed by atoms with Crippen molar-refractivity contribution in [2.45, 2.75) is 53.0 Å². The predicted molar refractivity (Wildman–Crippen MR) is 140 cm³/mol. The molecule has 0 unspecified atom stereocenters. The lowest BCUT2D eigenvalue weighted by molar-refractivity contribution is -0.143. The van der Waals surface area contributed by atoms with Gasteiger partial charge in [0.05, 0.1) is 15.7 Å². The van der Waals surface area contributed by atoms with E-state index in [1.807, 2.05) is 27.7 Å². The number of amides is 2. The summed E-state index contributed by atoms with van der Waals surface area (Å²) in [4.78, 5) is 49.2. The summed E-state index contributed by atoms with van der Waals surface area (Å²) in [6.45, 7) is 7.41. The summed E-state index contributed by atoms with van der Waals surface area (Å²) >= 11 is 12.4. The van der Waals surface area contributed by atoms with Gasteiger partial charge in [-0.1, -0.05) is 56.1 Å². The molecule has 0 spiro atoms. The molecule has 1 aliphatic rings. The first kappa shape index (κ1) is 27.7. The molecular weight excluding hydrogens is 503 g/mol. The number of nitrogens with one attached hydrogen (secondary N) is 2. The Morgan fingerprint density at radius 2 is 1.69 bits per heavy atom. The van der Waals surface area contributed by atoms with Gasteiger partial charge < -0.3 is 20.5 Å². The van der Waals surface area contributed by atoms with Crippen LogP contribution in [0.1, 0.15) is 55.1 Å². The van der Waals surface area contributed by atoms with E-state index in [-0.39, 0.29) is 12.3 Å². The van der Waals surface area contributed by atoms with Crippen molar-refractivity contribution in [3.63, 3.8) is 0 Å². The van der Waals surface area contributed by atoms with Crippen LogP contribution in [0.25, 0.3) is 0 Å². The van der Waals surface area contributed by atoms with E-state index in [4.69, 9.17) is 23.2 Å². The van der Waals surface area contributed by atoms with Crippen molar-refractivity contribution in [2.24, 2.45) is 16.7 Å². The highest BCUT2D eigenvalue weighted by atomic mass is 35.5. The van der Waals surface area contributed by atoms with E-state index in [1.165, 1.54) is 0 Å². The second-order valence-corrected chi connectivity index (χ2v) is 11.0. The highest BCUT2D eigenvalue weighted by molar-refractivity contribution is 6.40. The van der Waals surface area contributed by atoms with Gasteiger partial charge in [-0.2, -0.15) is 0 Å². The molecule has 36 heavy (non-hydrogen) atoms. The van der Waals surface area contributed by atoms with E-state index in [1.54, 1.807) is 36.4 Å². The zero-order chi connectivity index (χ0) is 26.8. The zero-order valence-corrected chi connectivity index (χ0v) is 22.2. The topological polar surface area (TPSA) is 113 Å². The van der Waals surface area contributed by atoms with Crippen LogP contribution in [-0.4, -0.2) is 35.2 Å². The quantitative estimate of drug-likeness (QED) is 0.399. The summed E-state index contributed by atoms with van der Waals surface area (Å²) in [6.07, 6.45) is 2.02. The third-order valence-corrected chi connectivity index (χ3v) is 8.16. The summed E-state index contributed by atoms with van der Waals surface area (Å²) in [5.74, 6) is -2.43. The average molecular weight is 533 g/mol. The maximum atomic E-state index is 13.0. The molecular formula is C27H30Cl2N2O5. The van der Waals surface area contributed by atoms with Crippen molar-refractivity contribution in [1.29, 1.82) is 0 Å². The Kier molecular flexibility index (Phi) is 8.16. The molecule has 3 rings (SSSR count). The molecule has 3 atom stereocenters. The molecule has 1 saturated carbocycles. The molecule has 2 aromatic carbocycles. The maximum Gasteiger partial charge on any atom is 0.326 e. The average Bonchev–Trinajstić information content (AvgIpc) is 3.05. The number of carbonyl (C=O) groups excluding carboxylic acids is 3. The van der Waals surface area contributed by atoms with Gasteiger partial charge in [-0.3, -0.25) is 9.59 Å². The smallest absolute Gasteiger partial charge is 0.326 e. The van der Waals surface area contributed by atoms with E-state index in [0.29, 0.717) is 39.7 Å². The summed E-state index contributed by atoms with van der Waals surface area (Å²) in [6, 6.07) is 8.64. The number of carbonyl (C=O) groups is 4. The number of benzene rings is 2. The van der Waals surface area contributed by atoms with Crippen molar-refractivity contribution < 1.29 is 24.3 Å². The van der Waals surface area contributed by atoms with E-state index < -0.39 is 34.7 Å². The summed E-state index contributed by atoms with van der Waals surface area (Å²) in [5.41, 5.74) is 0.906. The van der Waals surface area contributed by atoms with Crippen LogP contribution in [-0.2, 0) is 20.8 Å². The first-order chi connectivity index (χ1) is 16.8. The third-order valence-electron chi connectivity index (χ3n) is 7.57. The van der Waals surface area contributed by atoms with Crippen molar-refractivity contribution in [2.75, 3.05) is 5.32 Å². The standard InChI is InChI=1S/C27H30Cl2N2O5/c1-15-11-19(28)22(20(29)12-15)31-23(33)17-7-5-16(6-8-17)13-21(25(35)36)30-24(34)18-9-10-27(4,14-32)26(18,2)3/h5-8,11-12,14,18,21H,9-10,13H2,1-4H3,(H,30,34)(H,31,33)(H,35,36)/t18-,21+,27+/m1/s1. The number of hydrogen-bond acceptors (Lipinski definition) is 4. The van der Waals surface area contributed by atoms with Crippen LogP contribution in [0.4, 0.5) is 5.69 Å². The number of halogens is 2.